The second-order valence-electron chi connectivity index (χ2n) is 3.02. The molecule has 1 amide bonds. The lowest BCUT2D eigenvalue weighted by Crippen LogP contribution is -2.03. The third-order valence-electron chi connectivity index (χ3n) is 1.59. The van der Waals surface area contributed by atoms with Gasteiger partial charge in [-0.05, 0) is 24.6 Å². The normalized spacial score (nSPS) is 10.5. The largest absolute Gasteiger partial charge is 0.397 e. The molecule has 2 N–H and O–H groups in total. The minimum atomic E-state index is -0.384. The van der Waals surface area contributed by atoms with Crippen molar-refractivity contribution in [1.82, 2.24) is 0 Å². The number of nitrogens with two attached hydrogens (primary N) is 1. The molecule has 0 spiro atoms. The van der Waals surface area contributed by atoms with Crippen molar-refractivity contribution in [1.29, 1.82) is 0 Å². The molecule has 0 unspecified atom stereocenters. The molecule has 1 rings (SSSR count). The van der Waals surface area contributed by atoms with E-state index in [2.05, 4.69) is 4.36 Å². The van der Waals surface area contributed by atoms with Crippen molar-refractivity contribution in [2.45, 2.75) is 0 Å². The maximum Gasteiger partial charge on any atom is 0.285 e. The molecule has 6 heteroatoms. The van der Waals surface area contributed by atoms with E-state index in [1.54, 1.807) is 0 Å². The average molecular weight is 265 g/mol. The van der Waals surface area contributed by atoms with Gasteiger partial charge in [0.25, 0.3) is 5.91 Å². The van der Waals surface area contributed by atoms with Crippen LogP contribution < -0.4 is 5.73 Å². The molecule has 0 saturated heterocycles. The van der Waals surface area contributed by atoms with Crippen LogP contribution >= 0.6 is 23.2 Å². The molecule has 0 aliphatic heterocycles. The molecule has 0 bridgehead atoms. The predicted octanol–water partition coefficient (Wildman–Crippen LogP) is 2.78. The fourth-order valence-corrected chi connectivity index (χ4v) is 1.90. The van der Waals surface area contributed by atoms with Crippen LogP contribution in [0.1, 0.15) is 10.4 Å². The lowest BCUT2D eigenvalue weighted by molar-refractivity contribution is 0.101. The molecule has 15 heavy (non-hydrogen) atoms. The van der Waals surface area contributed by atoms with Gasteiger partial charge in [0, 0.05) is 5.02 Å². The van der Waals surface area contributed by atoms with E-state index in [9.17, 15) is 4.79 Å². The topological polar surface area (TPSA) is 55.5 Å². The molecular formula is C9H10Cl2N2OS. The van der Waals surface area contributed by atoms with Crippen molar-refractivity contribution in [2.24, 2.45) is 4.36 Å². The molecule has 0 heterocycles. The molecule has 0 atom stereocenters. The lowest BCUT2D eigenvalue weighted by Gasteiger charge is -2.04. The van der Waals surface area contributed by atoms with Crippen molar-refractivity contribution in [3.8, 4) is 0 Å². The number of benzene rings is 1. The van der Waals surface area contributed by atoms with Gasteiger partial charge in [0.05, 0.1) is 16.3 Å². The van der Waals surface area contributed by atoms with Crippen LogP contribution in [0.5, 0.6) is 0 Å². The third kappa shape index (κ3) is 3.19. The number of carbonyl (C=O) groups is 1. The summed E-state index contributed by atoms with van der Waals surface area (Å²) in [6, 6.07) is 2.97. The number of hydrogen-bond acceptors (Lipinski definition) is 2. The molecule has 82 valence electrons. The van der Waals surface area contributed by atoms with Crippen molar-refractivity contribution in [3.63, 3.8) is 0 Å². The van der Waals surface area contributed by atoms with Gasteiger partial charge in [-0.15, -0.1) is 0 Å². The van der Waals surface area contributed by atoms with E-state index in [4.69, 9.17) is 28.9 Å². The maximum atomic E-state index is 11.6. The molecule has 3 nitrogen and oxygen atoms in total. The van der Waals surface area contributed by atoms with Crippen LogP contribution in [-0.4, -0.2) is 18.4 Å². The Hall–Kier alpha value is -0.580. The van der Waals surface area contributed by atoms with Gasteiger partial charge in [-0.25, -0.2) is 0 Å². The molecule has 1 aromatic carbocycles. The molecule has 0 aromatic heterocycles. The number of nitrogen functional groups attached to an aromatic ring is 1. The van der Waals surface area contributed by atoms with Crippen LogP contribution in [0.25, 0.3) is 0 Å². The number of hydrogen-bond donors (Lipinski definition) is 1. The first-order chi connectivity index (χ1) is 6.91. The van der Waals surface area contributed by atoms with Gasteiger partial charge in [-0.3, -0.25) is 4.79 Å². The molecule has 0 saturated carbocycles. The number of rotatable bonds is 1. The Bertz CT molecular complexity index is 442. The summed E-state index contributed by atoms with van der Waals surface area (Å²) in [6.07, 6.45) is 3.67. The molecule has 0 aliphatic rings. The Labute approximate surface area is 101 Å². The summed E-state index contributed by atoms with van der Waals surface area (Å²) in [5.74, 6) is -0.384. The number of anilines is 1. The Balaban J connectivity index is 3.26. The lowest BCUT2D eigenvalue weighted by atomic mass is 10.2. The van der Waals surface area contributed by atoms with Crippen molar-refractivity contribution >= 4 is 45.5 Å². The van der Waals surface area contributed by atoms with Crippen LogP contribution in [0.3, 0.4) is 0 Å². The van der Waals surface area contributed by atoms with Crippen molar-refractivity contribution in [3.05, 3.63) is 27.7 Å². The van der Waals surface area contributed by atoms with Crippen LogP contribution in [0.15, 0.2) is 16.5 Å². The fourth-order valence-electron chi connectivity index (χ4n) is 0.977. The quantitative estimate of drug-likeness (QED) is 0.794. The summed E-state index contributed by atoms with van der Waals surface area (Å²) in [5.41, 5.74) is 6.14. The zero-order chi connectivity index (χ0) is 11.6. The van der Waals surface area contributed by atoms with Gasteiger partial charge in [-0.1, -0.05) is 33.9 Å². The highest BCUT2D eigenvalue weighted by atomic mass is 35.5. The number of nitrogens with zero attached hydrogens (tertiary/aromatic N) is 1. The summed E-state index contributed by atoms with van der Waals surface area (Å²) >= 11 is 11.6. The van der Waals surface area contributed by atoms with E-state index in [1.807, 2.05) is 12.5 Å². The highest BCUT2D eigenvalue weighted by Crippen LogP contribution is 2.28. The second kappa shape index (κ2) is 4.96. The summed E-state index contributed by atoms with van der Waals surface area (Å²) in [7, 11) is -0.334. The number of halogens is 2. The van der Waals surface area contributed by atoms with Gasteiger partial charge in [-0.2, -0.15) is 4.36 Å². The monoisotopic (exact) mass is 264 g/mol. The van der Waals surface area contributed by atoms with Gasteiger partial charge in [0.15, 0.2) is 0 Å². The molecular weight excluding hydrogens is 255 g/mol. The zero-order valence-electron chi connectivity index (χ0n) is 8.25. The number of carbonyl (C=O) groups excluding carboxylic acids is 1. The van der Waals surface area contributed by atoms with Crippen LogP contribution in [-0.2, 0) is 10.7 Å². The van der Waals surface area contributed by atoms with Gasteiger partial charge >= 0.3 is 0 Å². The molecule has 0 fully saturated rings. The summed E-state index contributed by atoms with van der Waals surface area (Å²) < 4.78 is 3.88. The SMILES string of the molecule is CS(C)=NC(=O)c1cc(Cl)cc(Cl)c1N. The first kappa shape index (κ1) is 12.5. The van der Waals surface area contributed by atoms with Crippen LogP contribution in [0.2, 0.25) is 10.0 Å². The Morgan fingerprint density at radius 1 is 1.40 bits per heavy atom. The van der Waals surface area contributed by atoms with E-state index >= 15 is 0 Å². The summed E-state index contributed by atoms with van der Waals surface area (Å²) in [4.78, 5) is 11.6. The van der Waals surface area contributed by atoms with E-state index < -0.39 is 0 Å². The first-order valence-electron chi connectivity index (χ1n) is 4.00. The Morgan fingerprint density at radius 3 is 2.53 bits per heavy atom. The van der Waals surface area contributed by atoms with Crippen LogP contribution in [0, 0.1) is 0 Å². The zero-order valence-corrected chi connectivity index (χ0v) is 10.6. The average Bonchev–Trinajstić information content (AvgIpc) is 2.09. The van der Waals surface area contributed by atoms with Gasteiger partial charge < -0.3 is 5.73 Å². The predicted molar refractivity (Wildman–Crippen MR) is 66.8 cm³/mol. The van der Waals surface area contributed by atoms with E-state index in [0.29, 0.717) is 5.02 Å². The van der Waals surface area contributed by atoms with Gasteiger partial charge in [0.1, 0.15) is 0 Å². The molecule has 0 radical (unpaired) electrons. The smallest absolute Gasteiger partial charge is 0.285 e. The summed E-state index contributed by atoms with van der Waals surface area (Å²) in [5, 5.41) is 0.646. The summed E-state index contributed by atoms with van der Waals surface area (Å²) in [6.45, 7) is 0. The Morgan fingerprint density at radius 2 is 2.00 bits per heavy atom. The Kier molecular flexibility index (Phi) is 4.13. The standard InChI is InChI=1S/C9H10Cl2N2OS/c1-15(2)13-9(14)6-3-5(10)4-7(11)8(6)12/h3-4H,12H2,1-2H3. The van der Waals surface area contributed by atoms with E-state index in [0.717, 1.165) is 0 Å². The molecule has 0 aliphatic carbocycles. The maximum absolute atomic E-state index is 11.6. The minimum absolute atomic E-state index is 0.222. The first-order valence-corrected chi connectivity index (χ1v) is 6.75. The van der Waals surface area contributed by atoms with E-state index in [-0.39, 0.29) is 32.9 Å². The number of amides is 1. The highest BCUT2D eigenvalue weighted by Gasteiger charge is 2.12. The van der Waals surface area contributed by atoms with Gasteiger partial charge in [0.2, 0.25) is 0 Å². The third-order valence-corrected chi connectivity index (χ3v) is 2.65. The van der Waals surface area contributed by atoms with Crippen molar-refractivity contribution < 1.29 is 4.79 Å². The highest BCUT2D eigenvalue weighted by molar-refractivity contribution is 7.86. The second-order valence-corrected chi connectivity index (χ2v) is 5.59. The molecule has 1 aromatic rings. The minimum Gasteiger partial charge on any atom is -0.397 e. The van der Waals surface area contributed by atoms with Crippen molar-refractivity contribution in [2.75, 3.05) is 18.2 Å². The van der Waals surface area contributed by atoms with Crippen LogP contribution in [0.4, 0.5) is 5.69 Å². The fraction of sp³-hybridized carbons (Fsp3) is 0.222. The van der Waals surface area contributed by atoms with E-state index in [1.165, 1.54) is 12.1 Å².